The SMILES string of the molecule is CC(CC(N)=O)Nc1ccc([N+](=O)[O-])c(C#N)c1. The Morgan fingerprint density at radius 1 is 1.67 bits per heavy atom. The molecule has 7 nitrogen and oxygen atoms in total. The zero-order valence-corrected chi connectivity index (χ0v) is 9.71. The van der Waals surface area contributed by atoms with Crippen LogP contribution in [-0.2, 0) is 4.79 Å². The van der Waals surface area contributed by atoms with Crippen LogP contribution in [0.2, 0.25) is 0 Å². The highest BCUT2D eigenvalue weighted by atomic mass is 16.6. The van der Waals surface area contributed by atoms with Crippen LogP contribution in [0.15, 0.2) is 18.2 Å². The fourth-order valence-electron chi connectivity index (χ4n) is 1.51. The molecule has 0 spiro atoms. The minimum Gasteiger partial charge on any atom is -0.382 e. The maximum Gasteiger partial charge on any atom is 0.287 e. The first kappa shape index (κ1) is 13.4. The lowest BCUT2D eigenvalue weighted by Gasteiger charge is -2.13. The third-order valence-corrected chi connectivity index (χ3v) is 2.23. The Morgan fingerprint density at radius 2 is 2.33 bits per heavy atom. The van der Waals surface area contributed by atoms with Gasteiger partial charge in [-0.2, -0.15) is 5.26 Å². The minimum absolute atomic E-state index is 0.0312. The number of benzene rings is 1. The number of nitro groups is 1. The van der Waals surface area contributed by atoms with Gasteiger partial charge < -0.3 is 11.1 Å². The van der Waals surface area contributed by atoms with Gasteiger partial charge in [0.2, 0.25) is 5.91 Å². The summed E-state index contributed by atoms with van der Waals surface area (Å²) in [5.41, 5.74) is 5.30. The topological polar surface area (TPSA) is 122 Å². The van der Waals surface area contributed by atoms with Gasteiger partial charge in [-0.05, 0) is 19.1 Å². The lowest BCUT2D eigenvalue weighted by molar-refractivity contribution is -0.385. The van der Waals surface area contributed by atoms with Crippen LogP contribution < -0.4 is 11.1 Å². The Kier molecular flexibility index (Phi) is 4.21. The van der Waals surface area contributed by atoms with Crippen molar-refractivity contribution in [1.82, 2.24) is 0 Å². The molecule has 1 atom stereocenters. The standard InChI is InChI=1S/C11H12N4O3/c1-7(4-11(13)16)14-9-2-3-10(15(17)18)8(5-9)6-12/h2-3,5,7,14H,4H2,1H3,(H2,13,16). The molecule has 0 saturated heterocycles. The number of anilines is 1. The average Bonchev–Trinajstić information content (AvgIpc) is 2.27. The monoisotopic (exact) mass is 248 g/mol. The molecule has 0 aliphatic rings. The summed E-state index contributed by atoms with van der Waals surface area (Å²) in [4.78, 5) is 20.7. The number of hydrogen-bond acceptors (Lipinski definition) is 5. The second-order valence-corrected chi connectivity index (χ2v) is 3.82. The smallest absolute Gasteiger partial charge is 0.287 e. The van der Waals surface area contributed by atoms with Crippen molar-refractivity contribution < 1.29 is 9.72 Å². The van der Waals surface area contributed by atoms with E-state index in [1.165, 1.54) is 18.2 Å². The van der Waals surface area contributed by atoms with Gasteiger partial charge in [0.15, 0.2) is 0 Å². The summed E-state index contributed by atoms with van der Waals surface area (Å²) in [6.07, 6.45) is 0.138. The number of amides is 1. The van der Waals surface area contributed by atoms with Gasteiger partial charge in [-0.15, -0.1) is 0 Å². The van der Waals surface area contributed by atoms with E-state index in [2.05, 4.69) is 5.32 Å². The molecule has 0 aliphatic carbocycles. The van der Waals surface area contributed by atoms with E-state index < -0.39 is 10.8 Å². The van der Waals surface area contributed by atoms with Crippen molar-refractivity contribution in [3.05, 3.63) is 33.9 Å². The predicted molar refractivity (Wildman–Crippen MR) is 64.7 cm³/mol. The number of primary amides is 1. The van der Waals surface area contributed by atoms with Gasteiger partial charge in [0.05, 0.1) is 4.92 Å². The molecular formula is C11H12N4O3. The van der Waals surface area contributed by atoms with Gasteiger partial charge in [-0.3, -0.25) is 14.9 Å². The van der Waals surface area contributed by atoms with Crippen molar-refractivity contribution in [2.24, 2.45) is 5.73 Å². The Bertz CT molecular complexity index is 522. The first-order chi connectivity index (χ1) is 8.43. The molecule has 0 heterocycles. The Labute approximate surface area is 103 Å². The Balaban J connectivity index is 2.90. The van der Waals surface area contributed by atoms with E-state index in [1.807, 2.05) is 0 Å². The number of nitrogens with two attached hydrogens (primary N) is 1. The van der Waals surface area contributed by atoms with Crippen molar-refractivity contribution in [2.45, 2.75) is 19.4 Å². The number of nitrogens with one attached hydrogen (secondary N) is 1. The zero-order chi connectivity index (χ0) is 13.7. The van der Waals surface area contributed by atoms with Crippen molar-refractivity contribution in [1.29, 1.82) is 5.26 Å². The summed E-state index contributed by atoms with van der Waals surface area (Å²) in [6.45, 7) is 1.75. The molecule has 0 saturated carbocycles. The third kappa shape index (κ3) is 3.45. The van der Waals surface area contributed by atoms with Crippen LogP contribution >= 0.6 is 0 Å². The van der Waals surface area contributed by atoms with E-state index in [4.69, 9.17) is 11.0 Å². The van der Waals surface area contributed by atoms with Crippen molar-refractivity contribution in [3.63, 3.8) is 0 Å². The average molecular weight is 248 g/mol. The normalized spacial score (nSPS) is 11.3. The van der Waals surface area contributed by atoms with Gasteiger partial charge in [0.25, 0.3) is 5.69 Å². The summed E-state index contributed by atoms with van der Waals surface area (Å²) in [5, 5.41) is 22.4. The van der Waals surface area contributed by atoms with E-state index in [-0.39, 0.29) is 23.7 Å². The molecule has 18 heavy (non-hydrogen) atoms. The fraction of sp³-hybridized carbons (Fsp3) is 0.273. The maximum atomic E-state index is 10.7. The highest BCUT2D eigenvalue weighted by Gasteiger charge is 2.14. The van der Waals surface area contributed by atoms with Crippen LogP contribution in [0.4, 0.5) is 11.4 Å². The minimum atomic E-state index is -0.616. The predicted octanol–water partition coefficient (Wildman–Crippen LogP) is 1.14. The first-order valence-electron chi connectivity index (χ1n) is 5.17. The molecule has 3 N–H and O–H groups in total. The number of nitro benzene ring substituents is 1. The van der Waals surface area contributed by atoms with Crippen LogP contribution in [0.25, 0.3) is 0 Å². The van der Waals surface area contributed by atoms with Crippen molar-refractivity contribution in [3.8, 4) is 6.07 Å². The molecule has 1 rings (SSSR count). The Morgan fingerprint density at radius 3 is 2.83 bits per heavy atom. The molecule has 1 aromatic carbocycles. The number of nitrogens with zero attached hydrogens (tertiary/aromatic N) is 2. The molecule has 94 valence electrons. The van der Waals surface area contributed by atoms with Gasteiger partial charge in [0, 0.05) is 24.2 Å². The van der Waals surface area contributed by atoms with Crippen LogP contribution in [0, 0.1) is 21.4 Å². The number of carbonyl (C=O) groups is 1. The quantitative estimate of drug-likeness (QED) is 0.597. The fourth-order valence-corrected chi connectivity index (χ4v) is 1.51. The van der Waals surface area contributed by atoms with Gasteiger partial charge in [0.1, 0.15) is 11.6 Å². The van der Waals surface area contributed by atoms with Crippen LogP contribution in [-0.4, -0.2) is 16.9 Å². The van der Waals surface area contributed by atoms with Gasteiger partial charge >= 0.3 is 0 Å². The first-order valence-corrected chi connectivity index (χ1v) is 5.17. The second-order valence-electron chi connectivity index (χ2n) is 3.82. The van der Waals surface area contributed by atoms with Crippen LogP contribution in [0.5, 0.6) is 0 Å². The Hall–Kier alpha value is -2.62. The number of carbonyl (C=O) groups excluding carboxylic acids is 1. The van der Waals surface area contributed by atoms with E-state index in [0.29, 0.717) is 5.69 Å². The molecule has 7 heteroatoms. The summed E-state index contributed by atoms with van der Waals surface area (Å²) < 4.78 is 0. The van der Waals surface area contributed by atoms with Crippen molar-refractivity contribution >= 4 is 17.3 Å². The van der Waals surface area contributed by atoms with Crippen LogP contribution in [0.3, 0.4) is 0 Å². The number of rotatable bonds is 5. The van der Waals surface area contributed by atoms with E-state index >= 15 is 0 Å². The summed E-state index contributed by atoms with van der Waals surface area (Å²) in [6, 6.07) is 5.65. The number of nitriles is 1. The van der Waals surface area contributed by atoms with Crippen LogP contribution in [0.1, 0.15) is 18.9 Å². The zero-order valence-electron chi connectivity index (χ0n) is 9.71. The molecule has 1 amide bonds. The molecule has 1 aromatic rings. The molecule has 0 aliphatic heterocycles. The largest absolute Gasteiger partial charge is 0.382 e. The maximum absolute atomic E-state index is 10.7. The second kappa shape index (κ2) is 5.63. The molecule has 0 fully saturated rings. The highest BCUT2D eigenvalue weighted by Crippen LogP contribution is 2.22. The van der Waals surface area contributed by atoms with Gasteiger partial charge in [-0.1, -0.05) is 0 Å². The molecule has 0 aromatic heterocycles. The van der Waals surface area contributed by atoms with E-state index in [0.717, 1.165) is 0 Å². The van der Waals surface area contributed by atoms with Crippen molar-refractivity contribution in [2.75, 3.05) is 5.32 Å². The summed E-state index contributed by atoms with van der Waals surface area (Å²) in [5.74, 6) is -0.447. The summed E-state index contributed by atoms with van der Waals surface area (Å²) in [7, 11) is 0. The lowest BCUT2D eigenvalue weighted by atomic mass is 10.1. The van der Waals surface area contributed by atoms with Gasteiger partial charge in [-0.25, -0.2) is 0 Å². The third-order valence-electron chi connectivity index (χ3n) is 2.23. The molecule has 0 bridgehead atoms. The van der Waals surface area contributed by atoms with E-state index in [9.17, 15) is 14.9 Å². The highest BCUT2D eigenvalue weighted by molar-refractivity contribution is 5.75. The molecular weight excluding hydrogens is 236 g/mol. The lowest BCUT2D eigenvalue weighted by Crippen LogP contribution is -2.24. The number of hydrogen-bond donors (Lipinski definition) is 2. The molecule has 1 unspecified atom stereocenters. The van der Waals surface area contributed by atoms with E-state index in [1.54, 1.807) is 13.0 Å². The summed E-state index contributed by atoms with van der Waals surface area (Å²) >= 11 is 0. The molecule has 0 radical (unpaired) electrons.